The third-order valence-electron chi connectivity index (χ3n) is 2.02. The number of nitrogens with one attached hydrogen (secondary N) is 1. The first-order valence-corrected chi connectivity index (χ1v) is 5.30. The lowest BCUT2D eigenvalue weighted by Crippen LogP contribution is -2.31. The van der Waals surface area contributed by atoms with Crippen LogP contribution in [0.15, 0.2) is 16.8 Å². The maximum Gasteiger partial charge on any atom is 0.0949 e. The first kappa shape index (κ1) is 10.7. The van der Waals surface area contributed by atoms with Gasteiger partial charge in [-0.05, 0) is 42.4 Å². The summed E-state index contributed by atoms with van der Waals surface area (Å²) in [6.07, 6.45) is 0.257. The van der Waals surface area contributed by atoms with Crippen LogP contribution in [0, 0.1) is 0 Å². The highest BCUT2D eigenvalue weighted by Gasteiger charge is 2.16. The van der Waals surface area contributed by atoms with Crippen molar-refractivity contribution in [3.05, 3.63) is 22.4 Å². The number of hydrogen-bond donors (Lipinski definition) is 3. The Hall–Kier alpha value is -0.420. The van der Waals surface area contributed by atoms with Crippen molar-refractivity contribution >= 4 is 11.3 Å². The zero-order valence-corrected chi connectivity index (χ0v) is 8.55. The Morgan fingerprint density at radius 2 is 2.46 bits per heavy atom. The van der Waals surface area contributed by atoms with Gasteiger partial charge < -0.3 is 16.2 Å². The van der Waals surface area contributed by atoms with Gasteiger partial charge in [0.1, 0.15) is 0 Å². The molecule has 2 unspecified atom stereocenters. The molecule has 13 heavy (non-hydrogen) atoms. The molecule has 0 saturated heterocycles. The van der Waals surface area contributed by atoms with Crippen molar-refractivity contribution in [1.29, 1.82) is 0 Å². The Bertz CT molecular complexity index is 226. The Kier molecular flexibility index (Phi) is 4.38. The van der Waals surface area contributed by atoms with Gasteiger partial charge in [0.15, 0.2) is 0 Å². The number of aliphatic hydroxyl groups is 1. The highest BCUT2D eigenvalue weighted by molar-refractivity contribution is 7.07. The Labute approximate surface area is 82.6 Å². The monoisotopic (exact) mass is 200 g/mol. The summed E-state index contributed by atoms with van der Waals surface area (Å²) in [5.41, 5.74) is 6.73. The van der Waals surface area contributed by atoms with E-state index in [2.05, 4.69) is 5.32 Å². The zero-order chi connectivity index (χ0) is 9.68. The SMILES string of the molecule is CNCCC(N)C(O)c1ccsc1. The minimum Gasteiger partial charge on any atom is -0.387 e. The summed E-state index contributed by atoms with van der Waals surface area (Å²) < 4.78 is 0. The molecule has 74 valence electrons. The van der Waals surface area contributed by atoms with Crippen molar-refractivity contribution < 1.29 is 5.11 Å². The van der Waals surface area contributed by atoms with E-state index < -0.39 is 6.10 Å². The van der Waals surface area contributed by atoms with E-state index >= 15 is 0 Å². The summed E-state index contributed by atoms with van der Waals surface area (Å²) in [5, 5.41) is 16.7. The second kappa shape index (κ2) is 5.34. The Morgan fingerprint density at radius 1 is 1.69 bits per heavy atom. The first-order chi connectivity index (χ1) is 6.25. The van der Waals surface area contributed by atoms with Gasteiger partial charge in [0.25, 0.3) is 0 Å². The predicted molar refractivity (Wildman–Crippen MR) is 55.8 cm³/mol. The third kappa shape index (κ3) is 3.08. The minimum atomic E-state index is -0.528. The van der Waals surface area contributed by atoms with Crippen LogP contribution in [0.25, 0.3) is 0 Å². The molecule has 1 aromatic rings. The normalized spacial score (nSPS) is 15.6. The molecule has 1 rings (SSSR count). The smallest absolute Gasteiger partial charge is 0.0949 e. The van der Waals surface area contributed by atoms with E-state index in [-0.39, 0.29) is 6.04 Å². The zero-order valence-electron chi connectivity index (χ0n) is 7.73. The molecule has 0 radical (unpaired) electrons. The second-order valence-electron chi connectivity index (χ2n) is 3.06. The van der Waals surface area contributed by atoms with Crippen molar-refractivity contribution in [3.63, 3.8) is 0 Å². The molecular weight excluding hydrogens is 184 g/mol. The molecule has 0 fully saturated rings. The topological polar surface area (TPSA) is 58.3 Å². The molecule has 0 spiro atoms. The van der Waals surface area contributed by atoms with Crippen LogP contribution >= 0.6 is 11.3 Å². The largest absolute Gasteiger partial charge is 0.387 e. The Morgan fingerprint density at radius 3 is 3.00 bits per heavy atom. The van der Waals surface area contributed by atoms with E-state index in [9.17, 15) is 5.11 Å². The van der Waals surface area contributed by atoms with Crippen molar-refractivity contribution in [1.82, 2.24) is 5.32 Å². The lowest BCUT2D eigenvalue weighted by Gasteiger charge is -2.17. The molecule has 0 aromatic carbocycles. The van der Waals surface area contributed by atoms with E-state index in [0.717, 1.165) is 18.5 Å². The average molecular weight is 200 g/mol. The van der Waals surface area contributed by atoms with Crippen LogP contribution in [0.5, 0.6) is 0 Å². The fraction of sp³-hybridized carbons (Fsp3) is 0.556. The number of nitrogens with two attached hydrogens (primary N) is 1. The molecule has 1 heterocycles. The fourth-order valence-corrected chi connectivity index (χ4v) is 1.85. The average Bonchev–Trinajstić information content (AvgIpc) is 2.65. The summed E-state index contributed by atoms with van der Waals surface area (Å²) >= 11 is 1.58. The highest BCUT2D eigenvalue weighted by atomic mass is 32.1. The van der Waals surface area contributed by atoms with Crippen molar-refractivity contribution in [3.8, 4) is 0 Å². The fourth-order valence-electron chi connectivity index (χ4n) is 1.16. The lowest BCUT2D eigenvalue weighted by atomic mass is 10.0. The summed E-state index contributed by atoms with van der Waals surface area (Å²) in [7, 11) is 1.88. The van der Waals surface area contributed by atoms with Crippen LogP contribution in [0.3, 0.4) is 0 Å². The predicted octanol–water partition coefficient (Wildman–Crippen LogP) is 0.718. The molecule has 4 N–H and O–H groups in total. The van der Waals surface area contributed by atoms with Gasteiger partial charge in [0.2, 0.25) is 0 Å². The summed E-state index contributed by atoms with van der Waals surface area (Å²) in [6.45, 7) is 0.836. The van der Waals surface area contributed by atoms with Gasteiger partial charge in [-0.15, -0.1) is 0 Å². The van der Waals surface area contributed by atoms with Crippen LogP contribution < -0.4 is 11.1 Å². The lowest BCUT2D eigenvalue weighted by molar-refractivity contribution is 0.143. The van der Waals surface area contributed by atoms with Gasteiger partial charge >= 0.3 is 0 Å². The molecule has 1 aromatic heterocycles. The third-order valence-corrected chi connectivity index (χ3v) is 2.72. The molecule has 3 nitrogen and oxygen atoms in total. The molecular formula is C9H16N2OS. The molecule has 2 atom stereocenters. The number of hydrogen-bond acceptors (Lipinski definition) is 4. The van der Waals surface area contributed by atoms with Crippen LogP contribution in [0.2, 0.25) is 0 Å². The first-order valence-electron chi connectivity index (χ1n) is 4.36. The molecule has 0 aliphatic heterocycles. The summed E-state index contributed by atoms with van der Waals surface area (Å²) in [6, 6.07) is 1.73. The standard InChI is InChI=1S/C9H16N2OS/c1-11-4-2-8(10)9(12)7-3-5-13-6-7/h3,5-6,8-9,11-12H,2,4,10H2,1H3. The van der Waals surface area contributed by atoms with Gasteiger partial charge in [-0.1, -0.05) is 0 Å². The van der Waals surface area contributed by atoms with Crippen LogP contribution in [0.1, 0.15) is 18.1 Å². The molecule has 0 aliphatic rings. The highest BCUT2D eigenvalue weighted by Crippen LogP contribution is 2.19. The molecule has 0 amide bonds. The van der Waals surface area contributed by atoms with E-state index in [1.54, 1.807) is 11.3 Å². The van der Waals surface area contributed by atoms with Crippen LogP contribution in [0.4, 0.5) is 0 Å². The van der Waals surface area contributed by atoms with Gasteiger partial charge in [-0.25, -0.2) is 0 Å². The van der Waals surface area contributed by atoms with Gasteiger partial charge in [0.05, 0.1) is 6.10 Å². The molecule has 4 heteroatoms. The quantitative estimate of drug-likeness (QED) is 0.656. The minimum absolute atomic E-state index is 0.179. The maximum atomic E-state index is 9.76. The van der Waals surface area contributed by atoms with Crippen molar-refractivity contribution in [2.75, 3.05) is 13.6 Å². The number of rotatable bonds is 5. The van der Waals surface area contributed by atoms with Crippen LogP contribution in [-0.2, 0) is 0 Å². The van der Waals surface area contributed by atoms with Gasteiger partial charge in [-0.2, -0.15) is 11.3 Å². The maximum absolute atomic E-state index is 9.76. The summed E-state index contributed by atoms with van der Waals surface area (Å²) in [4.78, 5) is 0. The van der Waals surface area contributed by atoms with Gasteiger partial charge in [-0.3, -0.25) is 0 Å². The van der Waals surface area contributed by atoms with Crippen LogP contribution in [-0.4, -0.2) is 24.7 Å². The van der Waals surface area contributed by atoms with E-state index in [1.165, 1.54) is 0 Å². The summed E-state index contributed by atoms with van der Waals surface area (Å²) in [5.74, 6) is 0. The molecule has 0 bridgehead atoms. The second-order valence-corrected chi connectivity index (χ2v) is 3.84. The molecule has 0 saturated carbocycles. The Balaban J connectivity index is 2.43. The van der Waals surface area contributed by atoms with Crippen molar-refractivity contribution in [2.24, 2.45) is 5.73 Å². The van der Waals surface area contributed by atoms with Gasteiger partial charge in [0, 0.05) is 6.04 Å². The van der Waals surface area contributed by atoms with E-state index in [1.807, 2.05) is 23.9 Å². The van der Waals surface area contributed by atoms with E-state index in [4.69, 9.17) is 5.73 Å². The molecule has 0 aliphatic carbocycles. The number of aliphatic hydroxyl groups excluding tert-OH is 1. The number of thiophene rings is 1. The van der Waals surface area contributed by atoms with E-state index in [0.29, 0.717) is 0 Å². The van der Waals surface area contributed by atoms with Crippen molar-refractivity contribution in [2.45, 2.75) is 18.6 Å².